The highest BCUT2D eigenvalue weighted by molar-refractivity contribution is 5.89. The molecule has 2 atom stereocenters. The minimum absolute atomic E-state index is 0.0639. The van der Waals surface area contributed by atoms with Gasteiger partial charge in [0.15, 0.2) is 0 Å². The van der Waals surface area contributed by atoms with Gasteiger partial charge in [-0.2, -0.15) is 4.73 Å². The van der Waals surface area contributed by atoms with Crippen molar-refractivity contribution >= 4 is 41.0 Å². The number of aryl methyl sites for hydroxylation is 1. The Morgan fingerprint density at radius 3 is 1.94 bits per heavy atom. The van der Waals surface area contributed by atoms with Crippen molar-refractivity contribution in [2.45, 2.75) is 152 Å². The van der Waals surface area contributed by atoms with Crippen LogP contribution in [-0.4, -0.2) is 97.4 Å². The van der Waals surface area contributed by atoms with Gasteiger partial charge in [-0.25, -0.2) is 0 Å². The van der Waals surface area contributed by atoms with E-state index in [4.69, 9.17) is 14.7 Å². The number of nitrogens with one attached hydrogen (secondary N) is 3. The number of hydrogen-bond donors (Lipinski definition) is 4. The molecule has 368 valence electrons. The van der Waals surface area contributed by atoms with E-state index in [0.29, 0.717) is 12.8 Å². The Morgan fingerprint density at radius 2 is 1.40 bits per heavy atom. The Bertz CT molecular complexity index is 1680. The van der Waals surface area contributed by atoms with E-state index in [9.17, 15) is 24.0 Å². The number of amides is 4. The first-order chi connectivity index (χ1) is 31.5. The van der Waals surface area contributed by atoms with E-state index in [1.807, 2.05) is 114 Å². The van der Waals surface area contributed by atoms with Crippen LogP contribution >= 0.6 is 0 Å². The van der Waals surface area contributed by atoms with Crippen molar-refractivity contribution < 1.29 is 38.7 Å². The van der Waals surface area contributed by atoms with E-state index in [-0.39, 0.29) is 43.7 Å². The highest BCUT2D eigenvalue weighted by Crippen LogP contribution is 2.19. The molecule has 3 aromatic rings. The molecular formula is C52H87N5O8. The fourth-order valence-corrected chi connectivity index (χ4v) is 5.83. The van der Waals surface area contributed by atoms with Gasteiger partial charge in [-0.15, -0.1) is 0 Å². The summed E-state index contributed by atoms with van der Waals surface area (Å²) < 4.78 is 7.29. The van der Waals surface area contributed by atoms with Crippen LogP contribution in [0.1, 0.15) is 138 Å². The first kappa shape index (κ1) is 63.9. The Kier molecular flexibility index (Phi) is 44.4. The molecule has 13 heteroatoms. The maximum absolute atomic E-state index is 12.0. The fraction of sp³-hybridized carbons (Fsp3) is 0.558. The number of nitrogens with zero attached hydrogens (tertiary/aromatic N) is 2. The van der Waals surface area contributed by atoms with Gasteiger partial charge in [0.05, 0.1) is 31.6 Å². The number of ether oxygens (including phenoxy) is 1. The van der Waals surface area contributed by atoms with E-state index >= 15 is 0 Å². The minimum atomic E-state index is -0.465. The molecule has 1 fully saturated rings. The number of piperidine rings is 1. The molecule has 0 bridgehead atoms. The summed E-state index contributed by atoms with van der Waals surface area (Å²) in [5, 5.41) is 15.2. The maximum Gasteiger partial charge on any atom is 0.310 e. The third-order valence-electron chi connectivity index (χ3n) is 9.50. The molecule has 0 saturated carbocycles. The average molecular weight is 910 g/mol. The van der Waals surface area contributed by atoms with Gasteiger partial charge in [0, 0.05) is 31.3 Å². The number of allylic oxidation sites excluding steroid dienone is 4. The van der Waals surface area contributed by atoms with Gasteiger partial charge in [0.2, 0.25) is 24.1 Å². The quantitative estimate of drug-likeness (QED) is 0.0424. The van der Waals surface area contributed by atoms with Crippen LogP contribution in [0.2, 0.25) is 0 Å². The standard InChI is InChI=1S/C16H24O2.C13H22N4O4.C10H11NO.C6H10.C4H10.C2H6.CH4O/c1-3-5-7-12-15(4-2)18-16(17)13-14-10-8-6-9-11-14;1-10-4-2-3-5-17(10)13(21)8-16-12(20)7-15-11(19)6-14-9-18;1-8-7-11(12-2)10-6-4-3-5-9(8)10;1-3-5-6-4-2;1-3-4-2;2*1-2/h6,8-11,15H,3-5,7,12-13H2,1-2H3;9-10H,2-8H2,1H3,(H,14,18)(H,15,19)(H,16,20);3-7H,1-2H3;3-6H,1-2H3;3-4H2,1-2H3;1-2H3;2H,1H3/b;;;5-3-,6-4-;;;. The van der Waals surface area contributed by atoms with Crippen molar-refractivity contribution in [1.29, 1.82) is 0 Å². The second kappa shape index (κ2) is 45.1. The molecule has 13 nitrogen and oxygen atoms in total. The van der Waals surface area contributed by atoms with E-state index in [1.165, 1.54) is 36.6 Å². The summed E-state index contributed by atoms with van der Waals surface area (Å²) in [5.41, 5.74) is 3.39. The number of carbonyl (C=O) groups excluding carboxylic acids is 5. The van der Waals surface area contributed by atoms with Gasteiger partial charge in [-0.05, 0) is 83.4 Å². The lowest BCUT2D eigenvalue weighted by molar-refractivity contribution is -0.148. The van der Waals surface area contributed by atoms with Gasteiger partial charge in [0.25, 0.3) is 0 Å². The molecule has 0 spiro atoms. The largest absolute Gasteiger partial charge is 0.462 e. The zero-order valence-electron chi connectivity index (χ0n) is 42.1. The number of carbonyl (C=O) groups is 5. The molecule has 0 radical (unpaired) electrons. The zero-order valence-corrected chi connectivity index (χ0v) is 42.1. The van der Waals surface area contributed by atoms with Gasteiger partial charge in [-0.3, -0.25) is 24.0 Å². The Balaban J connectivity index is -0.000000788. The lowest BCUT2D eigenvalue weighted by Gasteiger charge is -2.33. The van der Waals surface area contributed by atoms with Gasteiger partial charge >= 0.3 is 5.97 Å². The van der Waals surface area contributed by atoms with Crippen LogP contribution in [0.3, 0.4) is 0 Å². The number of para-hydroxylation sites is 1. The molecule has 2 heterocycles. The molecule has 1 aliphatic heterocycles. The van der Waals surface area contributed by atoms with Gasteiger partial charge < -0.3 is 35.5 Å². The normalized spacial score (nSPS) is 12.8. The molecule has 4 amide bonds. The van der Waals surface area contributed by atoms with Gasteiger partial charge in [0.1, 0.15) is 13.2 Å². The number of fused-ring (bicyclic) bond motifs is 1. The maximum atomic E-state index is 12.0. The fourth-order valence-electron chi connectivity index (χ4n) is 5.83. The number of esters is 1. The molecule has 2 unspecified atom stereocenters. The van der Waals surface area contributed by atoms with Crippen LogP contribution in [0.25, 0.3) is 10.9 Å². The second-order valence-corrected chi connectivity index (χ2v) is 14.6. The highest BCUT2D eigenvalue weighted by atomic mass is 16.6. The highest BCUT2D eigenvalue weighted by Gasteiger charge is 2.23. The number of hydrogen-bond acceptors (Lipinski definition) is 8. The smallest absolute Gasteiger partial charge is 0.310 e. The van der Waals surface area contributed by atoms with Crippen molar-refractivity contribution in [2.75, 3.05) is 40.4 Å². The van der Waals surface area contributed by atoms with E-state index in [2.05, 4.69) is 56.6 Å². The SMILES string of the molecule is C/C=C\C=C/C.CC.CC1CCCCN1C(=O)CNC(=O)CNC(=O)CNC=O.CCCC.CCCCCC(CC)OC(=O)Cc1ccccc1.CO.COn1cc(C)c2ccccc21. The zero-order chi connectivity index (χ0) is 49.7. The van der Waals surface area contributed by atoms with Crippen molar-refractivity contribution in [3.05, 3.63) is 96.2 Å². The lowest BCUT2D eigenvalue weighted by Crippen LogP contribution is -2.48. The van der Waals surface area contributed by atoms with Gasteiger partial charge in [-0.1, -0.05) is 140 Å². The predicted molar refractivity (Wildman–Crippen MR) is 268 cm³/mol. The van der Waals surface area contributed by atoms with Crippen molar-refractivity contribution in [3.63, 3.8) is 0 Å². The monoisotopic (exact) mass is 910 g/mol. The third kappa shape index (κ3) is 32.8. The second-order valence-electron chi connectivity index (χ2n) is 14.6. The number of unbranched alkanes of at least 4 members (excludes halogenated alkanes) is 3. The van der Waals surface area contributed by atoms with Crippen molar-refractivity contribution in [3.8, 4) is 0 Å². The molecule has 65 heavy (non-hydrogen) atoms. The molecule has 1 aliphatic rings. The first-order valence-electron chi connectivity index (χ1n) is 23.5. The van der Waals surface area contributed by atoms with Crippen LogP contribution in [0.15, 0.2) is 85.1 Å². The Labute approximate surface area is 392 Å². The number of aliphatic hydroxyl groups is 1. The summed E-state index contributed by atoms with van der Waals surface area (Å²) in [6, 6.07) is 18.2. The molecule has 2 aromatic carbocycles. The van der Waals surface area contributed by atoms with E-state index < -0.39 is 11.8 Å². The average Bonchev–Trinajstić information content (AvgIpc) is 3.68. The lowest BCUT2D eigenvalue weighted by atomic mass is 10.0. The summed E-state index contributed by atoms with van der Waals surface area (Å²) in [6.45, 7) is 21.0. The van der Waals surface area contributed by atoms with Crippen LogP contribution in [0, 0.1) is 6.92 Å². The molecular weight excluding hydrogens is 823 g/mol. The third-order valence-corrected chi connectivity index (χ3v) is 9.50. The Morgan fingerprint density at radius 1 is 0.815 bits per heavy atom. The summed E-state index contributed by atoms with van der Waals surface area (Å²) in [5.74, 6) is -1.12. The number of likely N-dealkylation sites (tertiary alicyclic amines) is 1. The van der Waals surface area contributed by atoms with Crippen LogP contribution in [-0.2, 0) is 35.1 Å². The predicted octanol–water partition coefficient (Wildman–Crippen LogP) is 9.08. The molecule has 4 rings (SSSR count). The number of aliphatic hydroxyl groups excluding tert-OH is 1. The molecule has 4 N–H and O–H groups in total. The molecule has 1 saturated heterocycles. The van der Waals surface area contributed by atoms with Crippen LogP contribution in [0.4, 0.5) is 0 Å². The van der Waals surface area contributed by atoms with Crippen LogP contribution < -0.4 is 20.8 Å². The van der Waals surface area contributed by atoms with Crippen molar-refractivity contribution in [2.24, 2.45) is 0 Å². The van der Waals surface area contributed by atoms with Crippen LogP contribution in [0.5, 0.6) is 0 Å². The summed E-state index contributed by atoms with van der Waals surface area (Å²) in [6.07, 6.45) is 22.1. The number of aromatic nitrogens is 1. The topological polar surface area (TPSA) is 168 Å². The molecule has 0 aliphatic carbocycles. The summed E-state index contributed by atoms with van der Waals surface area (Å²) in [7, 11) is 2.67. The minimum Gasteiger partial charge on any atom is -0.462 e. The van der Waals surface area contributed by atoms with Crippen molar-refractivity contribution in [1.82, 2.24) is 25.6 Å². The number of rotatable bonds is 18. The summed E-state index contributed by atoms with van der Waals surface area (Å²) >= 11 is 0. The molecule has 1 aromatic heterocycles. The Hall–Kier alpha value is -5.43. The first-order valence-corrected chi connectivity index (χ1v) is 23.5. The van der Waals surface area contributed by atoms with E-state index in [1.54, 1.807) is 16.7 Å². The summed E-state index contributed by atoms with van der Waals surface area (Å²) in [4.78, 5) is 63.3. The van der Waals surface area contributed by atoms with E-state index in [0.717, 1.165) is 63.3 Å². The number of benzene rings is 2.